The van der Waals surface area contributed by atoms with E-state index in [0.29, 0.717) is 12.1 Å². The monoisotopic (exact) mass is 180 g/mol. The van der Waals surface area contributed by atoms with Gasteiger partial charge in [-0.05, 0) is 18.1 Å². The highest BCUT2D eigenvalue weighted by Crippen LogP contribution is 2.05. The highest BCUT2D eigenvalue weighted by molar-refractivity contribution is 5.93. The molecule has 0 fully saturated rings. The molecule has 0 spiro atoms. The van der Waals surface area contributed by atoms with Gasteiger partial charge in [0.25, 0.3) is 5.91 Å². The minimum absolute atomic E-state index is 0.0235. The van der Waals surface area contributed by atoms with Crippen molar-refractivity contribution >= 4 is 5.91 Å². The molecule has 0 atom stereocenters. The molecule has 0 unspecified atom stereocenters. The minimum atomic E-state index is -0.218. The Kier molecular flexibility index (Phi) is 3.40. The molecule has 4 nitrogen and oxygen atoms in total. The van der Waals surface area contributed by atoms with E-state index in [1.807, 2.05) is 0 Å². The average molecular weight is 180 g/mol. The molecule has 1 amide bonds. The molecular formula is C9H12N2O2. The van der Waals surface area contributed by atoms with Gasteiger partial charge in [0.2, 0.25) is 0 Å². The lowest BCUT2D eigenvalue weighted by molar-refractivity contribution is 0.0957. The number of nitrogens with zero attached hydrogens (tertiary/aromatic N) is 1. The molecule has 13 heavy (non-hydrogen) atoms. The second-order valence-electron chi connectivity index (χ2n) is 2.56. The third kappa shape index (κ3) is 2.26. The predicted molar refractivity (Wildman–Crippen MR) is 48.4 cm³/mol. The summed E-state index contributed by atoms with van der Waals surface area (Å²) in [5, 5.41) is 11.2. The van der Waals surface area contributed by atoms with E-state index in [1.54, 1.807) is 25.4 Å². The maximum atomic E-state index is 11.3. The highest BCUT2D eigenvalue weighted by Gasteiger charge is 2.09. The van der Waals surface area contributed by atoms with Crippen molar-refractivity contribution in [3.8, 4) is 0 Å². The topological polar surface area (TPSA) is 62.2 Å². The third-order valence-corrected chi connectivity index (χ3v) is 1.71. The molecule has 1 heterocycles. The molecule has 70 valence electrons. The van der Waals surface area contributed by atoms with Gasteiger partial charge in [0.05, 0.1) is 0 Å². The number of aliphatic hydroxyl groups excluding tert-OH is 1. The van der Waals surface area contributed by atoms with Gasteiger partial charge in [-0.2, -0.15) is 0 Å². The van der Waals surface area contributed by atoms with Gasteiger partial charge < -0.3 is 10.4 Å². The van der Waals surface area contributed by atoms with Crippen LogP contribution in [-0.2, 0) is 6.42 Å². The number of carbonyl (C=O) groups excluding carboxylic acids is 1. The Hall–Kier alpha value is -1.42. The molecule has 0 aliphatic carbocycles. The van der Waals surface area contributed by atoms with Gasteiger partial charge in [0.15, 0.2) is 0 Å². The normalized spacial score (nSPS) is 9.69. The zero-order chi connectivity index (χ0) is 9.68. The van der Waals surface area contributed by atoms with E-state index in [9.17, 15) is 4.79 Å². The van der Waals surface area contributed by atoms with Crippen LogP contribution >= 0.6 is 0 Å². The number of hydrogen-bond donors (Lipinski definition) is 2. The van der Waals surface area contributed by atoms with Crippen molar-refractivity contribution in [2.45, 2.75) is 6.42 Å². The number of aliphatic hydroxyl groups is 1. The van der Waals surface area contributed by atoms with E-state index in [0.717, 1.165) is 5.56 Å². The molecular weight excluding hydrogens is 168 g/mol. The largest absolute Gasteiger partial charge is 0.396 e. The Morgan fingerprint density at radius 2 is 2.46 bits per heavy atom. The number of aromatic nitrogens is 1. The van der Waals surface area contributed by atoms with E-state index in [4.69, 9.17) is 5.11 Å². The first-order valence-corrected chi connectivity index (χ1v) is 4.06. The summed E-state index contributed by atoms with van der Waals surface area (Å²) in [6, 6.07) is 3.53. The lowest BCUT2D eigenvalue weighted by atomic mass is 10.1. The first-order valence-electron chi connectivity index (χ1n) is 4.06. The van der Waals surface area contributed by atoms with Gasteiger partial charge in [-0.3, -0.25) is 9.78 Å². The number of amides is 1. The summed E-state index contributed by atoms with van der Waals surface area (Å²) in [5.41, 5.74) is 1.16. The molecule has 1 rings (SSSR count). The number of nitrogens with one attached hydrogen (secondary N) is 1. The zero-order valence-electron chi connectivity index (χ0n) is 7.45. The summed E-state index contributed by atoms with van der Waals surface area (Å²) in [6.45, 7) is 0.0235. The van der Waals surface area contributed by atoms with Crippen LogP contribution in [0.2, 0.25) is 0 Å². The molecule has 0 aliphatic rings. The molecule has 1 aromatic rings. The molecule has 4 heteroatoms. The molecule has 0 aromatic carbocycles. The van der Waals surface area contributed by atoms with Crippen molar-refractivity contribution in [1.82, 2.24) is 10.3 Å². The zero-order valence-corrected chi connectivity index (χ0v) is 7.45. The third-order valence-electron chi connectivity index (χ3n) is 1.71. The number of rotatable bonds is 3. The van der Waals surface area contributed by atoms with Crippen LogP contribution in [0.25, 0.3) is 0 Å². The van der Waals surface area contributed by atoms with Crippen molar-refractivity contribution < 1.29 is 9.90 Å². The SMILES string of the molecule is CNC(=O)c1ncccc1CCO. The first kappa shape index (κ1) is 9.67. The van der Waals surface area contributed by atoms with Crippen molar-refractivity contribution in [2.75, 3.05) is 13.7 Å². The van der Waals surface area contributed by atoms with Crippen molar-refractivity contribution in [3.05, 3.63) is 29.6 Å². The number of pyridine rings is 1. The summed E-state index contributed by atoms with van der Waals surface area (Å²) in [4.78, 5) is 15.2. The average Bonchev–Trinajstić information content (AvgIpc) is 2.18. The molecule has 0 radical (unpaired) electrons. The Labute approximate surface area is 76.6 Å². The van der Waals surface area contributed by atoms with E-state index in [-0.39, 0.29) is 12.5 Å². The smallest absolute Gasteiger partial charge is 0.269 e. The van der Waals surface area contributed by atoms with Crippen LogP contribution in [-0.4, -0.2) is 29.7 Å². The molecule has 0 aliphatic heterocycles. The Balaban J connectivity index is 2.97. The maximum Gasteiger partial charge on any atom is 0.269 e. The second kappa shape index (κ2) is 4.57. The predicted octanol–water partition coefficient (Wildman–Crippen LogP) is -0.0240. The molecule has 0 bridgehead atoms. The first-order chi connectivity index (χ1) is 6.29. The summed E-state index contributed by atoms with van der Waals surface area (Å²) in [6.07, 6.45) is 2.02. The van der Waals surface area contributed by atoms with Gasteiger partial charge >= 0.3 is 0 Å². The van der Waals surface area contributed by atoms with Crippen LogP contribution < -0.4 is 5.32 Å². The van der Waals surface area contributed by atoms with Gasteiger partial charge in [-0.15, -0.1) is 0 Å². The Morgan fingerprint density at radius 3 is 3.08 bits per heavy atom. The Bertz CT molecular complexity index is 299. The summed E-state index contributed by atoms with van der Waals surface area (Å²) < 4.78 is 0. The van der Waals surface area contributed by atoms with E-state index in [1.165, 1.54) is 0 Å². The minimum Gasteiger partial charge on any atom is -0.396 e. The Morgan fingerprint density at radius 1 is 1.69 bits per heavy atom. The summed E-state index contributed by atoms with van der Waals surface area (Å²) in [7, 11) is 1.56. The van der Waals surface area contributed by atoms with Gasteiger partial charge in [-0.25, -0.2) is 0 Å². The van der Waals surface area contributed by atoms with Crippen LogP contribution in [0.1, 0.15) is 16.1 Å². The summed E-state index contributed by atoms with van der Waals surface area (Å²) in [5.74, 6) is -0.218. The highest BCUT2D eigenvalue weighted by atomic mass is 16.3. The van der Waals surface area contributed by atoms with E-state index >= 15 is 0 Å². The van der Waals surface area contributed by atoms with Crippen molar-refractivity contribution in [3.63, 3.8) is 0 Å². The standard InChI is InChI=1S/C9H12N2O2/c1-10-9(13)8-7(4-6-12)3-2-5-11-8/h2-3,5,12H,4,6H2,1H3,(H,10,13). The quantitative estimate of drug-likeness (QED) is 0.687. The fraction of sp³-hybridized carbons (Fsp3) is 0.333. The van der Waals surface area contributed by atoms with Crippen LogP contribution in [0.4, 0.5) is 0 Å². The van der Waals surface area contributed by atoms with Gasteiger partial charge in [0, 0.05) is 19.9 Å². The van der Waals surface area contributed by atoms with E-state index in [2.05, 4.69) is 10.3 Å². The van der Waals surface area contributed by atoms with Crippen LogP contribution in [0.3, 0.4) is 0 Å². The van der Waals surface area contributed by atoms with E-state index < -0.39 is 0 Å². The van der Waals surface area contributed by atoms with Gasteiger partial charge in [0.1, 0.15) is 5.69 Å². The van der Waals surface area contributed by atoms with Crippen LogP contribution in [0.15, 0.2) is 18.3 Å². The number of carbonyl (C=O) groups is 1. The van der Waals surface area contributed by atoms with Crippen molar-refractivity contribution in [2.24, 2.45) is 0 Å². The van der Waals surface area contributed by atoms with Gasteiger partial charge in [-0.1, -0.05) is 6.07 Å². The molecule has 0 saturated carbocycles. The molecule has 2 N–H and O–H groups in total. The summed E-state index contributed by atoms with van der Waals surface area (Å²) >= 11 is 0. The molecule has 0 saturated heterocycles. The van der Waals surface area contributed by atoms with Crippen molar-refractivity contribution in [1.29, 1.82) is 0 Å². The van der Waals surface area contributed by atoms with Crippen LogP contribution in [0, 0.1) is 0 Å². The lowest BCUT2D eigenvalue weighted by Gasteiger charge is -2.04. The fourth-order valence-corrected chi connectivity index (χ4v) is 1.08. The van der Waals surface area contributed by atoms with Crippen LogP contribution in [0.5, 0.6) is 0 Å². The fourth-order valence-electron chi connectivity index (χ4n) is 1.08. The maximum absolute atomic E-state index is 11.3. The lowest BCUT2D eigenvalue weighted by Crippen LogP contribution is -2.21. The second-order valence-corrected chi connectivity index (χ2v) is 2.56. The molecule has 1 aromatic heterocycles. The number of hydrogen-bond acceptors (Lipinski definition) is 3.